The average Bonchev–Trinajstić information content (AvgIpc) is 3.33. The Balaban J connectivity index is 1.55. The van der Waals surface area contributed by atoms with Crippen LogP contribution in [0.2, 0.25) is 0 Å². The van der Waals surface area contributed by atoms with E-state index in [1.807, 2.05) is 62.6 Å². The van der Waals surface area contributed by atoms with Crippen molar-refractivity contribution in [2.75, 3.05) is 11.7 Å². The Hall–Kier alpha value is -4.33. The number of fused-ring (bicyclic) bond motifs is 1. The summed E-state index contributed by atoms with van der Waals surface area (Å²) in [5.74, 6) is -0.0290. The number of aromatic nitrogens is 1. The van der Waals surface area contributed by atoms with Gasteiger partial charge in [0.15, 0.2) is 11.5 Å². The number of nitrogens with one attached hydrogen (secondary N) is 1. The van der Waals surface area contributed by atoms with E-state index in [0.717, 1.165) is 33.1 Å². The first kappa shape index (κ1) is 21.5. The van der Waals surface area contributed by atoms with E-state index in [-0.39, 0.29) is 12.4 Å². The molecular formula is C26H23N3O5. The van der Waals surface area contributed by atoms with Crippen LogP contribution in [0.25, 0.3) is 11.8 Å². The maximum absolute atomic E-state index is 13.3. The van der Waals surface area contributed by atoms with Crippen LogP contribution in [0.5, 0.6) is 11.5 Å². The molecule has 0 spiro atoms. The van der Waals surface area contributed by atoms with Crippen molar-refractivity contribution in [3.63, 3.8) is 0 Å². The van der Waals surface area contributed by atoms with E-state index in [2.05, 4.69) is 5.32 Å². The van der Waals surface area contributed by atoms with Crippen molar-refractivity contribution >= 4 is 29.6 Å². The Labute approximate surface area is 196 Å². The van der Waals surface area contributed by atoms with E-state index in [1.165, 1.54) is 6.08 Å². The second kappa shape index (κ2) is 7.91. The predicted molar refractivity (Wildman–Crippen MR) is 126 cm³/mol. The van der Waals surface area contributed by atoms with Crippen LogP contribution >= 0.6 is 0 Å². The Morgan fingerprint density at radius 3 is 2.29 bits per heavy atom. The van der Waals surface area contributed by atoms with Crippen LogP contribution in [-0.4, -0.2) is 29.2 Å². The number of rotatable bonds is 3. The van der Waals surface area contributed by atoms with Gasteiger partial charge < -0.3 is 14.0 Å². The summed E-state index contributed by atoms with van der Waals surface area (Å²) in [6.07, 6.45) is 1.53. The van der Waals surface area contributed by atoms with Crippen molar-refractivity contribution in [1.82, 2.24) is 9.88 Å². The number of hydrogen-bond acceptors (Lipinski definition) is 5. The smallest absolute Gasteiger partial charge is 0.335 e. The van der Waals surface area contributed by atoms with Crippen LogP contribution in [0.3, 0.4) is 0 Å². The molecule has 3 aromatic rings. The SMILES string of the molecule is Cc1cc(C)cc(N2C(=O)NC(=O)/C(=C\c3cc(C)n(-c4ccc5c(c4)OCO5)c3C)C2=O)c1. The topological polar surface area (TPSA) is 89.9 Å². The molecule has 4 amide bonds. The maximum Gasteiger partial charge on any atom is 0.335 e. The van der Waals surface area contributed by atoms with Crippen LogP contribution < -0.4 is 19.7 Å². The Morgan fingerprint density at radius 1 is 0.853 bits per heavy atom. The number of ether oxygens (including phenoxy) is 2. The fourth-order valence-corrected chi connectivity index (χ4v) is 4.48. The zero-order chi connectivity index (χ0) is 24.1. The summed E-state index contributed by atoms with van der Waals surface area (Å²) in [5.41, 5.74) is 5.44. The molecule has 34 heavy (non-hydrogen) atoms. The highest BCUT2D eigenvalue weighted by atomic mass is 16.7. The van der Waals surface area contributed by atoms with Gasteiger partial charge in [-0.1, -0.05) is 6.07 Å². The molecule has 0 unspecified atom stereocenters. The molecule has 1 aromatic heterocycles. The van der Waals surface area contributed by atoms with Crippen LogP contribution in [0.1, 0.15) is 28.1 Å². The Morgan fingerprint density at radius 2 is 1.56 bits per heavy atom. The first-order valence-electron chi connectivity index (χ1n) is 10.8. The summed E-state index contributed by atoms with van der Waals surface area (Å²) >= 11 is 0. The van der Waals surface area contributed by atoms with Gasteiger partial charge in [0, 0.05) is 23.1 Å². The van der Waals surface area contributed by atoms with E-state index in [9.17, 15) is 14.4 Å². The van der Waals surface area contributed by atoms with Gasteiger partial charge in [0.25, 0.3) is 11.8 Å². The molecule has 8 nitrogen and oxygen atoms in total. The molecule has 1 saturated heterocycles. The zero-order valence-corrected chi connectivity index (χ0v) is 19.3. The minimum Gasteiger partial charge on any atom is -0.454 e. The molecule has 5 rings (SSSR count). The van der Waals surface area contributed by atoms with Crippen molar-refractivity contribution in [2.24, 2.45) is 0 Å². The molecule has 8 heteroatoms. The number of benzene rings is 2. The standard InChI is InChI=1S/C26H23N3O5/c1-14-7-15(2)9-20(8-14)29-25(31)21(24(30)27-26(29)32)11-18-10-16(3)28(17(18)4)19-5-6-22-23(12-19)34-13-33-22/h5-12H,13H2,1-4H3,(H,27,30,32)/b21-11+. The number of carbonyl (C=O) groups excluding carboxylic acids is 3. The lowest BCUT2D eigenvalue weighted by Crippen LogP contribution is -2.54. The molecule has 0 bridgehead atoms. The fraction of sp³-hybridized carbons (Fsp3) is 0.192. The lowest BCUT2D eigenvalue weighted by atomic mass is 10.1. The highest BCUT2D eigenvalue weighted by molar-refractivity contribution is 6.39. The molecule has 1 N–H and O–H groups in total. The van der Waals surface area contributed by atoms with Crippen LogP contribution in [0.4, 0.5) is 10.5 Å². The third kappa shape index (κ3) is 3.53. The van der Waals surface area contributed by atoms with Gasteiger partial charge in [0.2, 0.25) is 6.79 Å². The van der Waals surface area contributed by atoms with Crippen molar-refractivity contribution in [1.29, 1.82) is 0 Å². The van der Waals surface area contributed by atoms with Gasteiger partial charge in [0.1, 0.15) is 5.57 Å². The maximum atomic E-state index is 13.3. The monoisotopic (exact) mass is 457 g/mol. The molecule has 0 atom stereocenters. The van der Waals surface area contributed by atoms with E-state index in [1.54, 1.807) is 12.1 Å². The highest BCUT2D eigenvalue weighted by Crippen LogP contribution is 2.35. The predicted octanol–water partition coefficient (Wildman–Crippen LogP) is 4.11. The van der Waals surface area contributed by atoms with Gasteiger partial charge in [-0.3, -0.25) is 14.9 Å². The minimum absolute atomic E-state index is 0.107. The highest BCUT2D eigenvalue weighted by Gasteiger charge is 2.37. The lowest BCUT2D eigenvalue weighted by molar-refractivity contribution is -0.122. The largest absolute Gasteiger partial charge is 0.454 e. The van der Waals surface area contributed by atoms with Crippen molar-refractivity contribution < 1.29 is 23.9 Å². The lowest BCUT2D eigenvalue weighted by Gasteiger charge is -2.27. The van der Waals surface area contributed by atoms with Crippen LogP contribution in [0.15, 0.2) is 48.0 Å². The van der Waals surface area contributed by atoms with Crippen LogP contribution in [-0.2, 0) is 9.59 Å². The number of hydrogen-bond donors (Lipinski definition) is 1. The van der Waals surface area contributed by atoms with Crippen molar-refractivity contribution in [3.05, 3.63) is 76.1 Å². The van der Waals surface area contributed by atoms with Gasteiger partial charge in [0.05, 0.1) is 5.69 Å². The summed E-state index contributed by atoms with van der Waals surface area (Å²) < 4.78 is 12.9. The van der Waals surface area contributed by atoms with Gasteiger partial charge in [-0.25, -0.2) is 9.69 Å². The molecule has 2 aliphatic rings. The first-order chi connectivity index (χ1) is 16.2. The number of anilines is 1. The number of imide groups is 2. The molecular weight excluding hydrogens is 434 g/mol. The fourth-order valence-electron chi connectivity index (χ4n) is 4.48. The molecule has 0 saturated carbocycles. The summed E-state index contributed by atoms with van der Waals surface area (Å²) in [6, 6.07) is 12.2. The molecule has 3 heterocycles. The van der Waals surface area contributed by atoms with Crippen LogP contribution in [0, 0.1) is 27.7 Å². The minimum atomic E-state index is -0.761. The van der Waals surface area contributed by atoms with E-state index in [0.29, 0.717) is 22.7 Å². The van der Waals surface area contributed by atoms with Crippen molar-refractivity contribution in [3.8, 4) is 17.2 Å². The summed E-state index contributed by atoms with van der Waals surface area (Å²) in [6.45, 7) is 7.80. The quantitative estimate of drug-likeness (QED) is 0.472. The third-order valence-corrected chi connectivity index (χ3v) is 5.95. The summed E-state index contributed by atoms with van der Waals surface area (Å²) in [4.78, 5) is 39.5. The second-order valence-corrected chi connectivity index (χ2v) is 8.50. The number of nitrogens with zero attached hydrogens (tertiary/aromatic N) is 2. The normalized spacial score (nSPS) is 16.4. The Kier molecular flexibility index (Phi) is 5.01. The number of carbonyl (C=O) groups is 3. The molecule has 1 fully saturated rings. The number of amides is 4. The second-order valence-electron chi connectivity index (χ2n) is 8.50. The summed E-state index contributed by atoms with van der Waals surface area (Å²) in [5, 5.41) is 2.29. The number of barbiturate groups is 1. The van der Waals surface area contributed by atoms with Gasteiger partial charge in [-0.15, -0.1) is 0 Å². The van der Waals surface area contributed by atoms with E-state index in [4.69, 9.17) is 9.47 Å². The molecule has 2 aliphatic heterocycles. The third-order valence-electron chi connectivity index (χ3n) is 5.95. The molecule has 0 radical (unpaired) electrons. The average molecular weight is 457 g/mol. The number of aryl methyl sites for hydroxylation is 3. The van der Waals surface area contributed by atoms with E-state index >= 15 is 0 Å². The number of urea groups is 1. The van der Waals surface area contributed by atoms with Gasteiger partial charge in [-0.2, -0.15) is 0 Å². The van der Waals surface area contributed by atoms with Gasteiger partial charge >= 0.3 is 6.03 Å². The van der Waals surface area contributed by atoms with E-state index < -0.39 is 17.8 Å². The summed E-state index contributed by atoms with van der Waals surface area (Å²) in [7, 11) is 0. The van der Waals surface area contributed by atoms with Crippen molar-refractivity contribution in [2.45, 2.75) is 27.7 Å². The molecule has 172 valence electrons. The first-order valence-corrected chi connectivity index (χ1v) is 10.8. The Bertz CT molecular complexity index is 1400. The molecule has 0 aliphatic carbocycles. The zero-order valence-electron chi connectivity index (χ0n) is 19.3. The molecule has 2 aromatic carbocycles. The van der Waals surface area contributed by atoms with Gasteiger partial charge in [-0.05, 0) is 80.8 Å².